The SMILES string of the molecule is COc1ccc(S(=O)(=O)N(C)CC(=O)N(C)Cc2cc(OC)c(OC)c(OC)c2)cc1OC. The molecule has 2 aromatic rings. The number of carbonyl (C=O) groups is 1. The standard InChI is InChI=1S/C22H30N2O8S/c1-23(13-15-10-19(30-5)22(32-7)20(11-15)31-6)21(25)14-24(2)33(26,27)16-8-9-17(28-3)18(12-16)29-4/h8-12H,13-14H2,1-7H3. The second-order valence-corrected chi connectivity index (χ2v) is 9.11. The number of carbonyl (C=O) groups excluding carboxylic acids is 1. The van der Waals surface area contributed by atoms with Gasteiger partial charge < -0.3 is 28.6 Å². The van der Waals surface area contributed by atoms with Crippen LogP contribution in [0.15, 0.2) is 35.2 Å². The van der Waals surface area contributed by atoms with E-state index in [2.05, 4.69) is 0 Å². The summed E-state index contributed by atoms with van der Waals surface area (Å²) in [5.41, 5.74) is 0.728. The number of amides is 1. The second kappa shape index (κ2) is 11.1. The van der Waals surface area contributed by atoms with Crippen LogP contribution in [-0.4, -0.2) is 79.7 Å². The number of likely N-dealkylation sites (N-methyl/N-ethyl adjacent to an activating group) is 2. The first-order valence-electron chi connectivity index (χ1n) is 9.84. The van der Waals surface area contributed by atoms with Gasteiger partial charge in [0, 0.05) is 26.7 Å². The topological polar surface area (TPSA) is 104 Å². The van der Waals surface area contributed by atoms with Crippen LogP contribution in [0, 0.1) is 0 Å². The molecule has 2 aromatic carbocycles. The first kappa shape index (κ1) is 26.1. The van der Waals surface area contributed by atoms with Crippen LogP contribution in [0.25, 0.3) is 0 Å². The Morgan fingerprint density at radius 1 is 0.788 bits per heavy atom. The molecule has 0 unspecified atom stereocenters. The van der Waals surface area contributed by atoms with E-state index >= 15 is 0 Å². The lowest BCUT2D eigenvalue weighted by Crippen LogP contribution is -2.39. The molecule has 0 saturated carbocycles. The molecule has 0 aromatic heterocycles. The molecule has 0 bridgehead atoms. The molecule has 2 rings (SSSR count). The van der Waals surface area contributed by atoms with Gasteiger partial charge >= 0.3 is 0 Å². The summed E-state index contributed by atoms with van der Waals surface area (Å²) in [6.45, 7) is -0.141. The van der Waals surface area contributed by atoms with E-state index in [4.69, 9.17) is 23.7 Å². The normalized spacial score (nSPS) is 11.2. The van der Waals surface area contributed by atoms with Gasteiger partial charge in [0.2, 0.25) is 21.7 Å². The minimum atomic E-state index is -3.93. The number of ether oxygens (including phenoxy) is 5. The molecule has 0 aliphatic carbocycles. The summed E-state index contributed by atoms with van der Waals surface area (Å²) < 4.78 is 53.2. The highest BCUT2D eigenvalue weighted by atomic mass is 32.2. The largest absolute Gasteiger partial charge is 0.493 e. The van der Waals surface area contributed by atoms with Gasteiger partial charge in [-0.05, 0) is 29.8 Å². The molecule has 0 saturated heterocycles. The van der Waals surface area contributed by atoms with Crippen LogP contribution < -0.4 is 23.7 Å². The molecule has 0 N–H and O–H groups in total. The molecular formula is C22H30N2O8S. The van der Waals surface area contributed by atoms with E-state index in [0.717, 1.165) is 9.87 Å². The summed E-state index contributed by atoms with van der Waals surface area (Å²) in [5.74, 6) is 1.65. The van der Waals surface area contributed by atoms with Crippen molar-refractivity contribution in [3.63, 3.8) is 0 Å². The Morgan fingerprint density at radius 3 is 1.82 bits per heavy atom. The van der Waals surface area contributed by atoms with Gasteiger partial charge in [0.25, 0.3) is 0 Å². The molecule has 0 spiro atoms. The Morgan fingerprint density at radius 2 is 1.33 bits per heavy atom. The molecule has 33 heavy (non-hydrogen) atoms. The van der Waals surface area contributed by atoms with Crippen molar-refractivity contribution >= 4 is 15.9 Å². The monoisotopic (exact) mass is 482 g/mol. The van der Waals surface area contributed by atoms with Gasteiger partial charge in [0.1, 0.15) is 0 Å². The molecule has 0 atom stereocenters. The van der Waals surface area contributed by atoms with Crippen molar-refractivity contribution in [3.8, 4) is 28.7 Å². The number of hydrogen-bond acceptors (Lipinski definition) is 8. The predicted octanol–water partition coefficient (Wildman–Crippen LogP) is 2.01. The van der Waals surface area contributed by atoms with Crippen LogP contribution in [0.4, 0.5) is 0 Å². The van der Waals surface area contributed by atoms with Crippen LogP contribution in [-0.2, 0) is 21.4 Å². The van der Waals surface area contributed by atoms with E-state index in [-0.39, 0.29) is 23.7 Å². The summed E-state index contributed by atoms with van der Waals surface area (Å²) >= 11 is 0. The van der Waals surface area contributed by atoms with E-state index in [0.29, 0.717) is 23.0 Å². The molecular weight excluding hydrogens is 452 g/mol. The molecule has 0 fully saturated rings. The minimum Gasteiger partial charge on any atom is -0.493 e. The highest BCUT2D eigenvalue weighted by molar-refractivity contribution is 7.89. The maximum Gasteiger partial charge on any atom is 0.243 e. The molecule has 10 nitrogen and oxygen atoms in total. The number of methoxy groups -OCH3 is 5. The molecule has 182 valence electrons. The van der Waals surface area contributed by atoms with Gasteiger partial charge in [-0.15, -0.1) is 0 Å². The van der Waals surface area contributed by atoms with Gasteiger partial charge in [-0.3, -0.25) is 4.79 Å². The van der Waals surface area contributed by atoms with Crippen LogP contribution in [0.5, 0.6) is 28.7 Å². The molecule has 0 aliphatic heterocycles. The maximum absolute atomic E-state index is 13.0. The van der Waals surface area contributed by atoms with E-state index in [9.17, 15) is 13.2 Å². The number of rotatable bonds is 11. The first-order valence-corrected chi connectivity index (χ1v) is 11.3. The summed E-state index contributed by atoms with van der Waals surface area (Å²) in [4.78, 5) is 14.2. The van der Waals surface area contributed by atoms with Gasteiger partial charge in [0.05, 0.1) is 47.0 Å². The zero-order valence-electron chi connectivity index (χ0n) is 19.9. The maximum atomic E-state index is 13.0. The van der Waals surface area contributed by atoms with Crippen LogP contribution >= 0.6 is 0 Å². The molecule has 0 aliphatic rings. The van der Waals surface area contributed by atoms with E-state index in [1.54, 1.807) is 19.2 Å². The Labute approximate surface area is 194 Å². The average molecular weight is 483 g/mol. The summed E-state index contributed by atoms with van der Waals surface area (Å²) in [5, 5.41) is 0. The number of nitrogens with zero attached hydrogens (tertiary/aromatic N) is 2. The lowest BCUT2D eigenvalue weighted by Gasteiger charge is -2.23. The van der Waals surface area contributed by atoms with Crippen molar-refractivity contribution in [3.05, 3.63) is 35.9 Å². The van der Waals surface area contributed by atoms with E-state index in [1.165, 1.54) is 65.7 Å². The van der Waals surface area contributed by atoms with Crippen molar-refractivity contribution in [2.75, 3.05) is 56.2 Å². The Bertz CT molecular complexity index is 1060. The highest BCUT2D eigenvalue weighted by Crippen LogP contribution is 2.38. The number of hydrogen-bond donors (Lipinski definition) is 0. The third-order valence-electron chi connectivity index (χ3n) is 4.99. The van der Waals surface area contributed by atoms with E-state index in [1.807, 2.05) is 0 Å². The van der Waals surface area contributed by atoms with Crippen molar-refractivity contribution < 1.29 is 36.9 Å². The van der Waals surface area contributed by atoms with Crippen molar-refractivity contribution in [2.45, 2.75) is 11.4 Å². The lowest BCUT2D eigenvalue weighted by molar-refractivity contribution is -0.130. The van der Waals surface area contributed by atoms with Crippen LogP contribution in [0.3, 0.4) is 0 Å². The van der Waals surface area contributed by atoms with Gasteiger partial charge in [-0.1, -0.05) is 0 Å². The third kappa shape index (κ3) is 5.79. The van der Waals surface area contributed by atoms with Crippen molar-refractivity contribution in [2.24, 2.45) is 0 Å². The second-order valence-electron chi connectivity index (χ2n) is 7.06. The van der Waals surface area contributed by atoms with Crippen LogP contribution in [0.2, 0.25) is 0 Å². The molecule has 11 heteroatoms. The van der Waals surface area contributed by atoms with E-state index < -0.39 is 15.9 Å². The predicted molar refractivity (Wildman–Crippen MR) is 122 cm³/mol. The summed E-state index contributed by atoms with van der Waals surface area (Å²) in [6, 6.07) is 7.72. The zero-order chi connectivity index (χ0) is 24.8. The minimum absolute atomic E-state index is 0.0114. The Hall–Kier alpha value is -3.18. The number of sulfonamides is 1. The van der Waals surface area contributed by atoms with Crippen LogP contribution in [0.1, 0.15) is 5.56 Å². The van der Waals surface area contributed by atoms with Gasteiger partial charge in [-0.2, -0.15) is 4.31 Å². The lowest BCUT2D eigenvalue weighted by atomic mass is 10.1. The average Bonchev–Trinajstić information content (AvgIpc) is 2.82. The first-order chi connectivity index (χ1) is 15.6. The fourth-order valence-corrected chi connectivity index (χ4v) is 4.28. The van der Waals surface area contributed by atoms with Gasteiger partial charge in [0.15, 0.2) is 23.0 Å². The van der Waals surface area contributed by atoms with Crippen molar-refractivity contribution in [1.82, 2.24) is 9.21 Å². The Balaban J connectivity index is 2.17. The molecule has 0 heterocycles. The summed E-state index contributed by atoms with van der Waals surface area (Å²) in [6.07, 6.45) is 0. The Kier molecular flexibility index (Phi) is 8.77. The summed E-state index contributed by atoms with van der Waals surface area (Å²) in [7, 11) is 6.38. The number of benzene rings is 2. The third-order valence-corrected chi connectivity index (χ3v) is 6.79. The fraction of sp³-hybridized carbons (Fsp3) is 0.409. The van der Waals surface area contributed by atoms with Gasteiger partial charge in [-0.25, -0.2) is 8.42 Å². The molecule has 0 radical (unpaired) electrons. The fourth-order valence-electron chi connectivity index (χ4n) is 3.14. The smallest absolute Gasteiger partial charge is 0.243 e. The highest BCUT2D eigenvalue weighted by Gasteiger charge is 2.26. The zero-order valence-corrected chi connectivity index (χ0v) is 20.7. The molecule has 1 amide bonds. The van der Waals surface area contributed by atoms with Crippen molar-refractivity contribution in [1.29, 1.82) is 0 Å². The quantitative estimate of drug-likeness (QED) is 0.479.